The van der Waals surface area contributed by atoms with E-state index in [0.29, 0.717) is 24.6 Å². The third-order valence-electron chi connectivity index (χ3n) is 3.41. The first-order chi connectivity index (χ1) is 10.0. The van der Waals surface area contributed by atoms with Crippen molar-refractivity contribution in [2.24, 2.45) is 5.92 Å². The molecule has 0 spiro atoms. The highest BCUT2D eigenvalue weighted by Crippen LogP contribution is 2.15. The minimum atomic E-state index is -0.465. The first-order valence-corrected chi connectivity index (χ1v) is 7.22. The highest BCUT2D eigenvalue weighted by atomic mass is 19.1. The summed E-state index contributed by atoms with van der Waals surface area (Å²) in [6.07, 6.45) is 0.976. The van der Waals surface area contributed by atoms with E-state index in [1.54, 1.807) is 4.90 Å². The van der Waals surface area contributed by atoms with Crippen molar-refractivity contribution in [1.82, 2.24) is 4.90 Å². The number of benzene rings is 1. The molecule has 1 aromatic rings. The van der Waals surface area contributed by atoms with Crippen LogP contribution < -0.4 is 0 Å². The third-order valence-corrected chi connectivity index (χ3v) is 3.41. The average Bonchev–Trinajstić information content (AvgIpc) is 2.50. The number of hydrogen-bond donors (Lipinski definition) is 1. The van der Waals surface area contributed by atoms with Crippen molar-refractivity contribution in [3.63, 3.8) is 0 Å². The maximum Gasteiger partial charge on any atom is 0.255 e. The molecule has 0 bridgehead atoms. The van der Waals surface area contributed by atoms with Crippen LogP contribution in [0.5, 0.6) is 0 Å². The van der Waals surface area contributed by atoms with E-state index in [-0.39, 0.29) is 18.1 Å². The van der Waals surface area contributed by atoms with Crippen LogP contribution in [0, 0.1) is 23.6 Å². The molecule has 1 amide bonds. The molecular weight excluding hydrogens is 269 g/mol. The van der Waals surface area contributed by atoms with Gasteiger partial charge in [0.15, 0.2) is 0 Å². The molecule has 0 aliphatic carbocycles. The van der Waals surface area contributed by atoms with Crippen LogP contribution in [0.2, 0.25) is 0 Å². The molecule has 0 aliphatic rings. The summed E-state index contributed by atoms with van der Waals surface area (Å²) >= 11 is 0. The van der Waals surface area contributed by atoms with E-state index in [1.807, 2.05) is 6.92 Å². The first kappa shape index (κ1) is 17.2. The Labute approximate surface area is 125 Å². The highest BCUT2D eigenvalue weighted by molar-refractivity contribution is 5.96. The summed E-state index contributed by atoms with van der Waals surface area (Å²) in [5.74, 6) is 4.90. The topological polar surface area (TPSA) is 40.5 Å². The molecule has 1 aromatic carbocycles. The highest BCUT2D eigenvalue weighted by Gasteiger charge is 2.19. The molecule has 114 valence electrons. The maximum absolute atomic E-state index is 13.5. The molecule has 0 aliphatic heterocycles. The maximum atomic E-state index is 13.5. The summed E-state index contributed by atoms with van der Waals surface area (Å²) in [5.41, 5.74) is 0.694. The van der Waals surface area contributed by atoms with Gasteiger partial charge in [-0.1, -0.05) is 32.1 Å². The largest absolute Gasteiger partial charge is 0.384 e. The molecule has 0 fully saturated rings. The molecule has 1 N–H and O–H groups in total. The van der Waals surface area contributed by atoms with Gasteiger partial charge in [-0.25, -0.2) is 4.39 Å². The fourth-order valence-corrected chi connectivity index (χ4v) is 1.97. The lowest BCUT2D eigenvalue weighted by Crippen LogP contribution is -2.35. The minimum Gasteiger partial charge on any atom is -0.384 e. The lowest BCUT2D eigenvalue weighted by Gasteiger charge is -2.24. The van der Waals surface area contributed by atoms with Crippen molar-refractivity contribution in [3.05, 3.63) is 35.1 Å². The molecule has 0 saturated carbocycles. The molecular formula is C17H22FNO2. The fourth-order valence-electron chi connectivity index (χ4n) is 1.97. The van der Waals surface area contributed by atoms with Crippen molar-refractivity contribution in [3.8, 4) is 11.8 Å². The quantitative estimate of drug-likeness (QED) is 0.847. The predicted molar refractivity (Wildman–Crippen MR) is 81.4 cm³/mol. The minimum absolute atomic E-state index is 0.223. The van der Waals surface area contributed by atoms with Crippen LogP contribution >= 0.6 is 0 Å². The molecule has 1 rings (SSSR count). The van der Waals surface area contributed by atoms with Crippen LogP contribution in [-0.4, -0.2) is 35.6 Å². The number of rotatable bonds is 5. The number of hydrogen-bond acceptors (Lipinski definition) is 2. The van der Waals surface area contributed by atoms with E-state index >= 15 is 0 Å². The van der Waals surface area contributed by atoms with Crippen LogP contribution in [0.1, 0.15) is 43.1 Å². The predicted octanol–water partition coefficient (Wildman–Crippen LogP) is 2.68. The van der Waals surface area contributed by atoms with Gasteiger partial charge in [0.1, 0.15) is 12.4 Å². The SMILES string of the molecule is CCC(C)CN(CC)C(=O)c1cc(F)ccc1C#CCO. The summed E-state index contributed by atoms with van der Waals surface area (Å²) in [6, 6.07) is 3.95. The second kappa shape index (κ2) is 8.43. The van der Waals surface area contributed by atoms with Crippen LogP contribution in [-0.2, 0) is 0 Å². The summed E-state index contributed by atoms with van der Waals surface area (Å²) in [6.45, 7) is 6.95. The van der Waals surface area contributed by atoms with Crippen LogP contribution in [0.3, 0.4) is 0 Å². The molecule has 0 heterocycles. The second-order valence-corrected chi connectivity index (χ2v) is 5.01. The zero-order chi connectivity index (χ0) is 15.8. The normalized spacial score (nSPS) is 11.5. The molecule has 0 saturated heterocycles. The molecule has 0 aromatic heterocycles. The molecule has 3 nitrogen and oxygen atoms in total. The molecule has 0 radical (unpaired) electrons. The Kier molecular flexibility index (Phi) is 6.90. The third kappa shape index (κ3) is 4.87. The number of halogens is 1. The van der Waals surface area contributed by atoms with Gasteiger partial charge >= 0.3 is 0 Å². The van der Waals surface area contributed by atoms with E-state index in [0.717, 1.165) is 6.42 Å². The number of carbonyl (C=O) groups excluding carboxylic acids is 1. The Hall–Kier alpha value is -1.86. The van der Waals surface area contributed by atoms with Gasteiger partial charge in [0.05, 0.1) is 5.56 Å². The van der Waals surface area contributed by atoms with Gasteiger partial charge in [0, 0.05) is 18.7 Å². The molecule has 1 unspecified atom stereocenters. The van der Waals surface area contributed by atoms with E-state index < -0.39 is 5.82 Å². The molecule has 4 heteroatoms. The van der Waals surface area contributed by atoms with Gasteiger partial charge in [-0.05, 0) is 31.0 Å². The number of amides is 1. The van der Waals surface area contributed by atoms with Gasteiger partial charge in [-0.2, -0.15) is 0 Å². The smallest absolute Gasteiger partial charge is 0.255 e. The monoisotopic (exact) mass is 291 g/mol. The number of aliphatic hydroxyl groups excluding tert-OH is 1. The number of aliphatic hydroxyl groups is 1. The average molecular weight is 291 g/mol. The Bertz CT molecular complexity index is 545. The summed E-state index contributed by atoms with van der Waals surface area (Å²) in [4.78, 5) is 14.3. The zero-order valence-corrected chi connectivity index (χ0v) is 12.8. The van der Waals surface area contributed by atoms with Crippen LogP contribution in [0.4, 0.5) is 4.39 Å². The van der Waals surface area contributed by atoms with E-state index in [4.69, 9.17) is 5.11 Å². The van der Waals surface area contributed by atoms with Gasteiger partial charge in [-0.3, -0.25) is 4.79 Å². The summed E-state index contributed by atoms with van der Waals surface area (Å²) in [5, 5.41) is 8.77. The Balaban J connectivity index is 3.11. The van der Waals surface area contributed by atoms with Crippen molar-refractivity contribution >= 4 is 5.91 Å². The Morgan fingerprint density at radius 1 is 1.43 bits per heavy atom. The van der Waals surface area contributed by atoms with Gasteiger partial charge in [0.2, 0.25) is 0 Å². The van der Waals surface area contributed by atoms with Crippen molar-refractivity contribution in [2.75, 3.05) is 19.7 Å². The molecule has 1 atom stereocenters. The van der Waals surface area contributed by atoms with E-state index in [9.17, 15) is 9.18 Å². The Morgan fingerprint density at radius 3 is 2.71 bits per heavy atom. The van der Waals surface area contributed by atoms with E-state index in [1.165, 1.54) is 18.2 Å². The standard InChI is InChI=1S/C17H22FNO2/c1-4-13(3)12-19(5-2)17(21)16-11-15(18)9-8-14(16)7-6-10-20/h8-9,11,13,20H,4-5,10,12H2,1-3H3. The molecule has 21 heavy (non-hydrogen) atoms. The van der Waals surface area contributed by atoms with Crippen LogP contribution in [0.15, 0.2) is 18.2 Å². The Morgan fingerprint density at radius 2 is 2.14 bits per heavy atom. The second-order valence-electron chi connectivity index (χ2n) is 5.01. The fraction of sp³-hybridized carbons (Fsp3) is 0.471. The van der Waals surface area contributed by atoms with Crippen molar-refractivity contribution in [1.29, 1.82) is 0 Å². The van der Waals surface area contributed by atoms with Gasteiger partial charge in [-0.15, -0.1) is 0 Å². The lowest BCUT2D eigenvalue weighted by molar-refractivity contribution is 0.0740. The summed E-state index contributed by atoms with van der Waals surface area (Å²) in [7, 11) is 0. The van der Waals surface area contributed by atoms with Gasteiger partial charge < -0.3 is 10.0 Å². The van der Waals surface area contributed by atoms with Crippen molar-refractivity contribution in [2.45, 2.75) is 27.2 Å². The zero-order valence-electron chi connectivity index (χ0n) is 12.8. The van der Waals surface area contributed by atoms with Gasteiger partial charge in [0.25, 0.3) is 5.91 Å². The first-order valence-electron chi connectivity index (χ1n) is 7.22. The summed E-state index contributed by atoms with van der Waals surface area (Å²) < 4.78 is 13.5. The van der Waals surface area contributed by atoms with Crippen molar-refractivity contribution < 1.29 is 14.3 Å². The number of nitrogens with zero attached hydrogens (tertiary/aromatic N) is 1. The van der Waals surface area contributed by atoms with E-state index in [2.05, 4.69) is 25.7 Å². The number of carbonyl (C=O) groups is 1. The lowest BCUT2D eigenvalue weighted by atomic mass is 10.0. The van der Waals surface area contributed by atoms with Crippen LogP contribution in [0.25, 0.3) is 0 Å².